The molecule has 3 rings (SSSR count). The molecule has 4 nitrogen and oxygen atoms in total. The van der Waals surface area contributed by atoms with E-state index in [1.807, 2.05) is 42.5 Å². The summed E-state index contributed by atoms with van der Waals surface area (Å²) in [7, 11) is 0. The van der Waals surface area contributed by atoms with Crippen LogP contribution in [0, 0.1) is 0 Å². The second-order valence-corrected chi connectivity index (χ2v) is 5.08. The van der Waals surface area contributed by atoms with Gasteiger partial charge in [-0.3, -0.25) is 0 Å². The van der Waals surface area contributed by atoms with Crippen LogP contribution >= 0.6 is 11.6 Å². The summed E-state index contributed by atoms with van der Waals surface area (Å²) in [6.07, 6.45) is 0.439. The van der Waals surface area contributed by atoms with E-state index in [1.165, 1.54) is 0 Å². The largest absolute Gasteiger partial charge is 0.488 e. The monoisotopic (exact) mass is 303 g/mol. The minimum absolute atomic E-state index is 0.0210. The number of aromatic nitrogens is 1. The summed E-state index contributed by atoms with van der Waals surface area (Å²) < 4.78 is 11.1. The minimum atomic E-state index is 0.0210. The van der Waals surface area contributed by atoms with Gasteiger partial charge in [-0.25, -0.2) is 0 Å². The van der Waals surface area contributed by atoms with Crippen molar-refractivity contribution in [1.29, 1.82) is 0 Å². The maximum atomic E-state index is 9.09. The number of halogens is 1. The van der Waals surface area contributed by atoms with E-state index >= 15 is 0 Å². The van der Waals surface area contributed by atoms with E-state index in [-0.39, 0.29) is 6.61 Å². The van der Waals surface area contributed by atoms with Gasteiger partial charge in [0, 0.05) is 18.1 Å². The van der Waals surface area contributed by atoms with Gasteiger partial charge in [-0.2, -0.15) is 0 Å². The zero-order valence-corrected chi connectivity index (χ0v) is 12.0. The van der Waals surface area contributed by atoms with Crippen LogP contribution < -0.4 is 4.74 Å². The van der Waals surface area contributed by atoms with E-state index in [4.69, 9.17) is 26.0 Å². The van der Waals surface area contributed by atoms with Crippen LogP contribution in [0.1, 0.15) is 11.3 Å². The van der Waals surface area contributed by atoms with Gasteiger partial charge in [0.1, 0.15) is 12.4 Å². The van der Waals surface area contributed by atoms with Crippen molar-refractivity contribution in [2.45, 2.75) is 13.0 Å². The molecule has 2 aromatic carbocycles. The fraction of sp³-hybridized carbons (Fsp3) is 0.188. The third-order valence-corrected chi connectivity index (χ3v) is 3.44. The molecule has 0 saturated heterocycles. The molecular weight excluding hydrogens is 290 g/mol. The second kappa shape index (κ2) is 6.16. The van der Waals surface area contributed by atoms with E-state index in [1.54, 1.807) is 0 Å². The number of hydrogen-bond acceptors (Lipinski definition) is 4. The van der Waals surface area contributed by atoms with Gasteiger partial charge in [0.05, 0.1) is 11.1 Å². The number of rotatable bonds is 5. The van der Waals surface area contributed by atoms with Crippen molar-refractivity contribution in [3.8, 4) is 5.75 Å². The Morgan fingerprint density at radius 2 is 1.95 bits per heavy atom. The molecule has 0 amide bonds. The van der Waals surface area contributed by atoms with E-state index in [0.717, 1.165) is 10.9 Å². The Labute approximate surface area is 126 Å². The smallest absolute Gasteiger partial charge is 0.170 e. The predicted molar refractivity (Wildman–Crippen MR) is 80.6 cm³/mol. The van der Waals surface area contributed by atoms with Crippen molar-refractivity contribution in [2.75, 3.05) is 6.61 Å². The number of hydrogen-bond donors (Lipinski definition) is 1. The van der Waals surface area contributed by atoms with Gasteiger partial charge in [-0.05, 0) is 29.8 Å². The highest BCUT2D eigenvalue weighted by Crippen LogP contribution is 2.29. The fourth-order valence-electron chi connectivity index (χ4n) is 2.16. The molecule has 21 heavy (non-hydrogen) atoms. The van der Waals surface area contributed by atoms with Crippen molar-refractivity contribution < 1.29 is 14.4 Å². The van der Waals surface area contributed by atoms with Crippen LogP contribution in [0.5, 0.6) is 5.75 Å². The quantitative estimate of drug-likeness (QED) is 0.782. The molecule has 0 unspecified atom stereocenters. The molecule has 108 valence electrons. The number of fused-ring (bicyclic) bond motifs is 1. The molecule has 0 atom stereocenters. The number of aliphatic hydroxyl groups excluding tert-OH is 1. The molecule has 0 spiro atoms. The zero-order chi connectivity index (χ0) is 14.7. The van der Waals surface area contributed by atoms with E-state index in [0.29, 0.717) is 35.1 Å². The molecule has 0 aliphatic carbocycles. The number of nitrogens with zero attached hydrogens (tertiary/aromatic N) is 1. The Morgan fingerprint density at radius 1 is 1.14 bits per heavy atom. The lowest BCUT2D eigenvalue weighted by Crippen LogP contribution is -1.97. The SMILES string of the molecule is OCCc1noc2cccc(OCc3ccc(Cl)cc3)c12. The van der Waals surface area contributed by atoms with Gasteiger partial charge in [-0.15, -0.1) is 0 Å². The van der Waals surface area contributed by atoms with Gasteiger partial charge in [0.15, 0.2) is 5.58 Å². The summed E-state index contributed by atoms with van der Waals surface area (Å²) in [6.45, 7) is 0.452. The second-order valence-electron chi connectivity index (χ2n) is 4.65. The number of aliphatic hydroxyl groups is 1. The lowest BCUT2D eigenvalue weighted by molar-refractivity contribution is 0.294. The maximum absolute atomic E-state index is 9.09. The summed E-state index contributed by atoms with van der Waals surface area (Å²) in [5.74, 6) is 0.701. The molecule has 0 saturated carbocycles. The molecule has 0 radical (unpaired) electrons. The van der Waals surface area contributed by atoms with Crippen LogP contribution in [0.15, 0.2) is 47.0 Å². The number of ether oxygens (including phenoxy) is 1. The summed E-state index contributed by atoms with van der Waals surface area (Å²) in [5, 5.41) is 14.6. The first-order valence-corrected chi connectivity index (χ1v) is 7.01. The van der Waals surface area contributed by atoms with Gasteiger partial charge in [-0.1, -0.05) is 35.0 Å². The lowest BCUT2D eigenvalue weighted by atomic mass is 10.1. The van der Waals surface area contributed by atoms with Crippen molar-refractivity contribution >= 4 is 22.6 Å². The molecule has 0 bridgehead atoms. The van der Waals surface area contributed by atoms with Gasteiger partial charge in [0.2, 0.25) is 0 Å². The van der Waals surface area contributed by atoms with Gasteiger partial charge < -0.3 is 14.4 Å². The van der Waals surface area contributed by atoms with Gasteiger partial charge >= 0.3 is 0 Å². The summed E-state index contributed by atoms with van der Waals surface area (Å²) in [5.41, 5.74) is 2.39. The first kappa shape index (κ1) is 13.9. The van der Waals surface area contributed by atoms with Crippen molar-refractivity contribution in [3.63, 3.8) is 0 Å². The minimum Gasteiger partial charge on any atom is -0.488 e. The molecular formula is C16H14ClNO3. The molecule has 0 fully saturated rings. The molecule has 3 aromatic rings. The first-order chi connectivity index (χ1) is 10.3. The van der Waals surface area contributed by atoms with Crippen LogP contribution in [-0.2, 0) is 13.0 Å². The van der Waals surface area contributed by atoms with Crippen LogP contribution in [-0.4, -0.2) is 16.9 Å². The summed E-state index contributed by atoms with van der Waals surface area (Å²) in [4.78, 5) is 0. The molecule has 1 heterocycles. The van der Waals surface area contributed by atoms with E-state index < -0.39 is 0 Å². The van der Waals surface area contributed by atoms with Crippen LogP contribution in [0.25, 0.3) is 11.0 Å². The zero-order valence-electron chi connectivity index (χ0n) is 11.3. The topological polar surface area (TPSA) is 55.5 Å². The third kappa shape index (κ3) is 3.01. The summed E-state index contributed by atoms with van der Waals surface area (Å²) >= 11 is 5.86. The highest BCUT2D eigenvalue weighted by molar-refractivity contribution is 6.30. The van der Waals surface area contributed by atoms with Crippen LogP contribution in [0.4, 0.5) is 0 Å². The van der Waals surface area contributed by atoms with Crippen LogP contribution in [0.3, 0.4) is 0 Å². The fourth-order valence-corrected chi connectivity index (χ4v) is 2.29. The normalized spacial score (nSPS) is 11.0. The van der Waals surface area contributed by atoms with Crippen molar-refractivity contribution in [2.24, 2.45) is 0 Å². The third-order valence-electron chi connectivity index (χ3n) is 3.19. The molecule has 0 aliphatic rings. The first-order valence-electron chi connectivity index (χ1n) is 6.63. The van der Waals surface area contributed by atoms with E-state index in [9.17, 15) is 0 Å². The molecule has 0 aliphatic heterocycles. The summed E-state index contributed by atoms with van der Waals surface area (Å²) in [6, 6.07) is 13.1. The average Bonchev–Trinajstić information content (AvgIpc) is 2.91. The highest BCUT2D eigenvalue weighted by atomic mass is 35.5. The Morgan fingerprint density at radius 3 is 2.71 bits per heavy atom. The Bertz CT molecular complexity index is 737. The molecule has 1 aromatic heterocycles. The standard InChI is InChI=1S/C16H14ClNO3/c17-12-6-4-11(5-7-12)10-20-14-2-1-3-15-16(14)13(8-9-19)18-21-15/h1-7,19H,8-10H2. The maximum Gasteiger partial charge on any atom is 0.170 e. The molecule has 5 heteroatoms. The van der Waals surface area contributed by atoms with Gasteiger partial charge in [0.25, 0.3) is 0 Å². The highest BCUT2D eigenvalue weighted by Gasteiger charge is 2.13. The Balaban J connectivity index is 1.86. The molecule has 1 N–H and O–H groups in total. The van der Waals surface area contributed by atoms with Crippen molar-refractivity contribution in [1.82, 2.24) is 5.16 Å². The van der Waals surface area contributed by atoms with Crippen LogP contribution in [0.2, 0.25) is 5.02 Å². The predicted octanol–water partition coefficient (Wildman–Crippen LogP) is 3.60. The lowest BCUT2D eigenvalue weighted by Gasteiger charge is -2.08. The Kier molecular flexibility index (Phi) is 4.08. The Hall–Kier alpha value is -2.04. The average molecular weight is 304 g/mol. The van der Waals surface area contributed by atoms with E-state index in [2.05, 4.69) is 5.16 Å². The van der Waals surface area contributed by atoms with Crippen molar-refractivity contribution in [3.05, 3.63) is 58.7 Å². The number of benzene rings is 2.